The highest BCUT2D eigenvalue weighted by atomic mass is 19.1. The maximum atomic E-state index is 14.3. The van der Waals surface area contributed by atoms with E-state index in [9.17, 15) is 13.6 Å². The zero-order valence-corrected chi connectivity index (χ0v) is 9.51. The largest absolute Gasteiger partial charge is 0.316 e. The Kier molecular flexibility index (Phi) is 3.52. The Morgan fingerprint density at radius 3 is 2.59 bits per heavy atom. The van der Waals surface area contributed by atoms with Gasteiger partial charge >= 0.3 is 0 Å². The molecule has 1 aromatic carbocycles. The van der Waals surface area contributed by atoms with Crippen molar-refractivity contribution in [3.8, 4) is 0 Å². The molecular weight excluding hydrogens is 224 g/mol. The average Bonchev–Trinajstić information content (AvgIpc) is 2.33. The molecule has 92 valence electrons. The van der Waals surface area contributed by atoms with Gasteiger partial charge in [-0.3, -0.25) is 4.79 Å². The van der Waals surface area contributed by atoms with Crippen molar-refractivity contribution in [3.63, 3.8) is 0 Å². The number of rotatable bonds is 3. The van der Waals surface area contributed by atoms with Gasteiger partial charge in [0.05, 0.1) is 0 Å². The van der Waals surface area contributed by atoms with Crippen molar-refractivity contribution in [1.82, 2.24) is 5.32 Å². The highest BCUT2D eigenvalue weighted by Crippen LogP contribution is 2.26. The molecule has 0 atom stereocenters. The Hall–Kier alpha value is -1.29. The standard InChI is InChI=1S/C13H15F2NO/c14-11-4-2-1-3-10(11)9-12(17)13(15)5-7-16-8-6-13/h1-4,16H,5-9H2. The van der Waals surface area contributed by atoms with Gasteiger partial charge in [-0.25, -0.2) is 8.78 Å². The summed E-state index contributed by atoms with van der Waals surface area (Å²) in [6.45, 7) is 0.999. The third-order valence-electron chi connectivity index (χ3n) is 3.20. The summed E-state index contributed by atoms with van der Waals surface area (Å²) in [5, 5.41) is 3.00. The van der Waals surface area contributed by atoms with Crippen LogP contribution in [0.1, 0.15) is 18.4 Å². The minimum atomic E-state index is -1.78. The fourth-order valence-corrected chi connectivity index (χ4v) is 2.08. The fourth-order valence-electron chi connectivity index (χ4n) is 2.08. The predicted molar refractivity (Wildman–Crippen MR) is 61.1 cm³/mol. The van der Waals surface area contributed by atoms with Gasteiger partial charge in [-0.2, -0.15) is 0 Å². The number of Topliss-reactive ketones (excluding diaryl/α,β-unsaturated/α-hetero) is 1. The lowest BCUT2D eigenvalue weighted by atomic mass is 9.87. The lowest BCUT2D eigenvalue weighted by molar-refractivity contribution is -0.131. The highest BCUT2D eigenvalue weighted by molar-refractivity contribution is 5.89. The number of alkyl halides is 1. The summed E-state index contributed by atoms with van der Waals surface area (Å²) in [4.78, 5) is 11.9. The first-order valence-electron chi connectivity index (χ1n) is 5.78. The molecule has 0 aromatic heterocycles. The Balaban J connectivity index is 2.08. The van der Waals surface area contributed by atoms with Crippen LogP contribution in [0.4, 0.5) is 8.78 Å². The monoisotopic (exact) mass is 239 g/mol. The van der Waals surface area contributed by atoms with Crippen molar-refractivity contribution in [1.29, 1.82) is 0 Å². The van der Waals surface area contributed by atoms with Gasteiger partial charge < -0.3 is 5.32 Å². The van der Waals surface area contributed by atoms with Crippen LogP contribution in [0.2, 0.25) is 0 Å². The van der Waals surface area contributed by atoms with Gasteiger partial charge in [-0.1, -0.05) is 18.2 Å². The van der Waals surface area contributed by atoms with Gasteiger partial charge in [0.2, 0.25) is 0 Å². The van der Waals surface area contributed by atoms with Gasteiger partial charge in [0.1, 0.15) is 5.82 Å². The van der Waals surface area contributed by atoms with E-state index < -0.39 is 17.3 Å². The summed E-state index contributed by atoms with van der Waals surface area (Å²) >= 11 is 0. The molecule has 2 nitrogen and oxygen atoms in total. The van der Waals surface area contributed by atoms with Gasteiger partial charge in [0.25, 0.3) is 0 Å². The normalized spacial score (nSPS) is 18.9. The summed E-state index contributed by atoms with van der Waals surface area (Å²) in [5.41, 5.74) is -1.51. The van der Waals surface area contributed by atoms with E-state index in [0.717, 1.165) is 0 Å². The Labute approximate surface area is 99.0 Å². The molecule has 0 radical (unpaired) electrons. The van der Waals surface area contributed by atoms with Crippen LogP contribution in [-0.2, 0) is 11.2 Å². The topological polar surface area (TPSA) is 29.1 Å². The van der Waals surface area contributed by atoms with Crippen molar-refractivity contribution in [2.45, 2.75) is 24.9 Å². The summed E-state index contributed by atoms with van der Waals surface area (Å²) in [7, 11) is 0. The quantitative estimate of drug-likeness (QED) is 0.874. The molecule has 1 saturated heterocycles. The van der Waals surface area contributed by atoms with Crippen molar-refractivity contribution in [2.24, 2.45) is 0 Å². The summed E-state index contributed by atoms with van der Waals surface area (Å²) in [6.07, 6.45) is 0.198. The van der Waals surface area contributed by atoms with E-state index in [0.29, 0.717) is 13.1 Å². The molecule has 0 aliphatic carbocycles. The summed E-state index contributed by atoms with van der Waals surface area (Å²) < 4.78 is 27.6. The smallest absolute Gasteiger partial charge is 0.174 e. The van der Waals surface area contributed by atoms with Crippen LogP contribution >= 0.6 is 0 Å². The minimum Gasteiger partial charge on any atom is -0.316 e. The third-order valence-corrected chi connectivity index (χ3v) is 3.20. The van der Waals surface area contributed by atoms with Gasteiger partial charge in [-0.05, 0) is 24.7 Å². The molecule has 2 rings (SSSR count). The number of carbonyl (C=O) groups is 1. The number of carbonyl (C=O) groups excluding carboxylic acids is 1. The van der Waals surface area contributed by atoms with Crippen LogP contribution in [0.15, 0.2) is 24.3 Å². The zero-order chi connectivity index (χ0) is 12.3. The Bertz CT molecular complexity index is 414. The number of hydrogen-bond acceptors (Lipinski definition) is 2. The van der Waals surface area contributed by atoms with Crippen LogP contribution in [0.25, 0.3) is 0 Å². The van der Waals surface area contributed by atoms with E-state index >= 15 is 0 Å². The SMILES string of the molecule is O=C(Cc1ccccc1F)C1(F)CCNCC1. The van der Waals surface area contributed by atoms with E-state index in [4.69, 9.17) is 0 Å². The first-order valence-corrected chi connectivity index (χ1v) is 5.78. The first-order chi connectivity index (χ1) is 8.12. The minimum absolute atomic E-state index is 0.164. The van der Waals surface area contributed by atoms with E-state index in [1.54, 1.807) is 12.1 Å². The molecule has 1 aromatic rings. The molecule has 0 bridgehead atoms. The number of halogens is 2. The number of hydrogen-bond donors (Lipinski definition) is 1. The highest BCUT2D eigenvalue weighted by Gasteiger charge is 2.39. The molecule has 0 saturated carbocycles. The molecule has 1 aliphatic heterocycles. The van der Waals surface area contributed by atoms with Crippen LogP contribution in [0.3, 0.4) is 0 Å². The van der Waals surface area contributed by atoms with Crippen LogP contribution in [0.5, 0.6) is 0 Å². The second-order valence-electron chi connectivity index (χ2n) is 4.41. The Morgan fingerprint density at radius 1 is 1.29 bits per heavy atom. The lowest BCUT2D eigenvalue weighted by Gasteiger charge is -2.28. The van der Waals surface area contributed by atoms with Crippen LogP contribution in [0, 0.1) is 5.82 Å². The lowest BCUT2D eigenvalue weighted by Crippen LogP contribution is -2.45. The maximum Gasteiger partial charge on any atom is 0.174 e. The molecule has 4 heteroatoms. The molecule has 1 aliphatic rings. The second kappa shape index (κ2) is 4.92. The van der Waals surface area contributed by atoms with E-state index in [1.807, 2.05) is 0 Å². The first kappa shape index (κ1) is 12.2. The third kappa shape index (κ3) is 2.69. The van der Waals surface area contributed by atoms with Crippen LogP contribution in [-0.4, -0.2) is 24.5 Å². The zero-order valence-electron chi connectivity index (χ0n) is 9.51. The number of piperidine rings is 1. The van der Waals surface area contributed by atoms with E-state index in [-0.39, 0.29) is 24.8 Å². The van der Waals surface area contributed by atoms with E-state index in [1.165, 1.54) is 12.1 Å². The van der Waals surface area contributed by atoms with Crippen molar-refractivity contribution in [3.05, 3.63) is 35.6 Å². The summed E-state index contributed by atoms with van der Waals surface area (Å²) in [6, 6.07) is 6.02. The maximum absolute atomic E-state index is 14.3. The molecule has 0 amide bonds. The molecular formula is C13H15F2NO. The van der Waals surface area contributed by atoms with Gasteiger partial charge in [0.15, 0.2) is 11.5 Å². The molecule has 1 fully saturated rings. The molecule has 0 unspecified atom stereocenters. The van der Waals surface area contributed by atoms with Crippen molar-refractivity contribution in [2.75, 3.05) is 13.1 Å². The molecule has 1 heterocycles. The second-order valence-corrected chi connectivity index (χ2v) is 4.41. The fraction of sp³-hybridized carbons (Fsp3) is 0.462. The predicted octanol–water partition coefficient (Wildman–Crippen LogP) is 2.03. The van der Waals surface area contributed by atoms with Crippen molar-refractivity contribution >= 4 is 5.78 Å². The molecule has 1 N–H and O–H groups in total. The number of benzene rings is 1. The van der Waals surface area contributed by atoms with Gasteiger partial charge in [0, 0.05) is 19.3 Å². The summed E-state index contributed by atoms with van der Waals surface area (Å²) in [5.74, 6) is -0.956. The molecule has 17 heavy (non-hydrogen) atoms. The van der Waals surface area contributed by atoms with E-state index in [2.05, 4.69) is 5.32 Å². The van der Waals surface area contributed by atoms with Crippen molar-refractivity contribution < 1.29 is 13.6 Å². The molecule has 0 spiro atoms. The average molecular weight is 239 g/mol. The Morgan fingerprint density at radius 2 is 1.94 bits per heavy atom. The van der Waals surface area contributed by atoms with Crippen LogP contribution < -0.4 is 5.32 Å². The number of nitrogens with one attached hydrogen (secondary N) is 1. The van der Waals surface area contributed by atoms with Gasteiger partial charge in [-0.15, -0.1) is 0 Å². The number of ketones is 1.